The lowest BCUT2D eigenvalue weighted by molar-refractivity contribution is 0.202. The van der Waals surface area contributed by atoms with Gasteiger partial charge in [-0.05, 0) is 15.9 Å². The average molecular weight is 304 g/mol. The van der Waals surface area contributed by atoms with Crippen molar-refractivity contribution in [2.75, 3.05) is 38.3 Å². The number of ether oxygens (including phenoxy) is 1. The van der Waals surface area contributed by atoms with Crippen LogP contribution in [0.1, 0.15) is 12.7 Å². The van der Waals surface area contributed by atoms with Crippen LogP contribution < -0.4 is 4.90 Å². The van der Waals surface area contributed by atoms with Crippen molar-refractivity contribution >= 4 is 21.7 Å². The summed E-state index contributed by atoms with van der Waals surface area (Å²) in [5, 5.41) is 9.06. The van der Waals surface area contributed by atoms with Gasteiger partial charge in [-0.25, -0.2) is 9.97 Å². The average Bonchev–Trinajstić information content (AvgIpc) is 2.33. The highest BCUT2D eigenvalue weighted by Gasteiger charge is 2.09. The summed E-state index contributed by atoms with van der Waals surface area (Å²) in [5.74, 6) is 1.60. The molecule has 0 bridgehead atoms. The number of methoxy groups -OCH3 is 1. The van der Waals surface area contributed by atoms with Gasteiger partial charge in [0, 0.05) is 32.7 Å². The van der Waals surface area contributed by atoms with E-state index in [2.05, 4.69) is 25.9 Å². The third kappa shape index (κ3) is 4.57. The fourth-order valence-electron chi connectivity index (χ4n) is 1.43. The molecule has 0 saturated heterocycles. The lowest BCUT2D eigenvalue weighted by Crippen LogP contribution is -2.31. The zero-order chi connectivity index (χ0) is 12.7. The normalized spacial score (nSPS) is 10.6. The van der Waals surface area contributed by atoms with Gasteiger partial charge in [0.25, 0.3) is 0 Å². The molecule has 0 spiro atoms. The standard InChI is InChI=1S/C11H18BrN3O2/c1-3-10-13-9(12)8-11(14-10)15(4-6-16)5-7-17-2/h8,16H,3-7H2,1-2H3. The second-order valence-corrected chi connectivity index (χ2v) is 4.33. The molecular weight excluding hydrogens is 286 g/mol. The van der Waals surface area contributed by atoms with Crippen LogP contribution in [-0.2, 0) is 11.2 Å². The number of aryl methyl sites for hydroxylation is 1. The Hall–Kier alpha value is -0.720. The molecule has 0 aliphatic heterocycles. The van der Waals surface area contributed by atoms with E-state index in [4.69, 9.17) is 9.84 Å². The first-order valence-corrected chi connectivity index (χ1v) is 6.38. The van der Waals surface area contributed by atoms with Crippen LogP contribution in [0.25, 0.3) is 0 Å². The topological polar surface area (TPSA) is 58.5 Å². The first-order chi connectivity index (χ1) is 8.21. The molecule has 0 saturated carbocycles. The van der Waals surface area contributed by atoms with E-state index in [1.54, 1.807) is 7.11 Å². The summed E-state index contributed by atoms with van der Waals surface area (Å²) in [6.07, 6.45) is 0.781. The number of anilines is 1. The fourth-order valence-corrected chi connectivity index (χ4v) is 1.84. The summed E-state index contributed by atoms with van der Waals surface area (Å²) in [7, 11) is 1.66. The van der Waals surface area contributed by atoms with E-state index >= 15 is 0 Å². The van der Waals surface area contributed by atoms with E-state index in [0.29, 0.717) is 19.7 Å². The van der Waals surface area contributed by atoms with Gasteiger partial charge in [0.2, 0.25) is 0 Å². The molecule has 17 heavy (non-hydrogen) atoms. The highest BCUT2D eigenvalue weighted by atomic mass is 79.9. The van der Waals surface area contributed by atoms with Crippen LogP contribution in [0, 0.1) is 0 Å². The molecule has 1 aromatic heterocycles. The van der Waals surface area contributed by atoms with Gasteiger partial charge in [-0.15, -0.1) is 0 Å². The highest BCUT2D eigenvalue weighted by molar-refractivity contribution is 9.10. The van der Waals surface area contributed by atoms with Crippen molar-refractivity contribution in [3.63, 3.8) is 0 Å². The van der Waals surface area contributed by atoms with Gasteiger partial charge in [0.1, 0.15) is 16.2 Å². The van der Waals surface area contributed by atoms with Gasteiger partial charge < -0.3 is 14.7 Å². The van der Waals surface area contributed by atoms with E-state index in [0.717, 1.165) is 22.7 Å². The van der Waals surface area contributed by atoms with Crippen LogP contribution in [0.4, 0.5) is 5.82 Å². The van der Waals surface area contributed by atoms with E-state index < -0.39 is 0 Å². The van der Waals surface area contributed by atoms with E-state index in [1.807, 2.05) is 17.9 Å². The zero-order valence-corrected chi connectivity index (χ0v) is 11.8. The number of aliphatic hydroxyl groups is 1. The predicted molar refractivity (Wildman–Crippen MR) is 70.3 cm³/mol. The first-order valence-electron chi connectivity index (χ1n) is 5.59. The van der Waals surface area contributed by atoms with Crippen LogP contribution in [0.5, 0.6) is 0 Å². The van der Waals surface area contributed by atoms with Crippen molar-refractivity contribution in [1.82, 2.24) is 9.97 Å². The van der Waals surface area contributed by atoms with E-state index in [1.165, 1.54) is 0 Å². The Bertz CT molecular complexity index is 349. The number of halogens is 1. The van der Waals surface area contributed by atoms with Crippen molar-refractivity contribution in [3.8, 4) is 0 Å². The van der Waals surface area contributed by atoms with E-state index in [9.17, 15) is 0 Å². The molecule has 0 radical (unpaired) electrons. The Labute approximate surface area is 110 Å². The summed E-state index contributed by atoms with van der Waals surface area (Å²) in [6.45, 7) is 3.94. The van der Waals surface area contributed by atoms with Crippen molar-refractivity contribution < 1.29 is 9.84 Å². The summed E-state index contributed by atoms with van der Waals surface area (Å²) in [5.41, 5.74) is 0. The maximum atomic E-state index is 9.06. The molecule has 0 aliphatic carbocycles. The maximum Gasteiger partial charge on any atom is 0.133 e. The Morgan fingerprint density at radius 1 is 1.41 bits per heavy atom. The number of aromatic nitrogens is 2. The van der Waals surface area contributed by atoms with Gasteiger partial charge in [-0.1, -0.05) is 6.92 Å². The Morgan fingerprint density at radius 2 is 2.18 bits per heavy atom. The number of aliphatic hydroxyl groups excluding tert-OH is 1. The second kappa shape index (κ2) is 7.58. The van der Waals surface area contributed by atoms with Crippen LogP contribution in [-0.4, -0.2) is 48.5 Å². The van der Waals surface area contributed by atoms with Crippen LogP contribution in [0.3, 0.4) is 0 Å². The summed E-state index contributed by atoms with van der Waals surface area (Å²) in [6, 6.07) is 1.85. The van der Waals surface area contributed by atoms with Gasteiger partial charge in [-0.2, -0.15) is 0 Å². The lowest BCUT2D eigenvalue weighted by atomic mass is 10.4. The minimum absolute atomic E-state index is 0.0901. The molecule has 0 atom stereocenters. The number of rotatable bonds is 7. The number of nitrogens with zero attached hydrogens (tertiary/aromatic N) is 3. The number of hydrogen-bond donors (Lipinski definition) is 1. The molecule has 1 aromatic rings. The predicted octanol–water partition coefficient (Wildman–Crippen LogP) is 1.25. The van der Waals surface area contributed by atoms with Crippen molar-refractivity contribution in [2.45, 2.75) is 13.3 Å². The Kier molecular flexibility index (Phi) is 6.39. The highest BCUT2D eigenvalue weighted by Crippen LogP contribution is 2.16. The van der Waals surface area contributed by atoms with Crippen LogP contribution >= 0.6 is 15.9 Å². The van der Waals surface area contributed by atoms with Gasteiger partial charge in [-0.3, -0.25) is 0 Å². The Balaban J connectivity index is 2.87. The minimum atomic E-state index is 0.0901. The molecule has 0 amide bonds. The van der Waals surface area contributed by atoms with Crippen molar-refractivity contribution in [1.29, 1.82) is 0 Å². The molecule has 0 aliphatic rings. The molecule has 0 unspecified atom stereocenters. The largest absolute Gasteiger partial charge is 0.395 e. The zero-order valence-electron chi connectivity index (χ0n) is 10.2. The summed E-state index contributed by atoms with van der Waals surface area (Å²) < 4.78 is 5.81. The molecule has 5 nitrogen and oxygen atoms in total. The van der Waals surface area contributed by atoms with Crippen molar-refractivity contribution in [2.24, 2.45) is 0 Å². The third-order valence-corrected chi connectivity index (χ3v) is 2.71. The van der Waals surface area contributed by atoms with E-state index in [-0.39, 0.29) is 6.61 Å². The second-order valence-electron chi connectivity index (χ2n) is 3.52. The summed E-state index contributed by atoms with van der Waals surface area (Å²) >= 11 is 3.37. The molecule has 1 rings (SSSR count). The monoisotopic (exact) mass is 303 g/mol. The minimum Gasteiger partial charge on any atom is -0.395 e. The van der Waals surface area contributed by atoms with Gasteiger partial charge in [0.15, 0.2) is 0 Å². The quantitative estimate of drug-likeness (QED) is 0.768. The lowest BCUT2D eigenvalue weighted by Gasteiger charge is -2.22. The molecule has 6 heteroatoms. The van der Waals surface area contributed by atoms with Crippen LogP contribution in [0.15, 0.2) is 10.7 Å². The maximum absolute atomic E-state index is 9.06. The molecule has 0 fully saturated rings. The fraction of sp³-hybridized carbons (Fsp3) is 0.636. The molecule has 1 N–H and O–H groups in total. The Morgan fingerprint density at radius 3 is 2.76 bits per heavy atom. The molecule has 0 aromatic carbocycles. The smallest absolute Gasteiger partial charge is 0.133 e. The third-order valence-electron chi connectivity index (χ3n) is 2.30. The molecule has 1 heterocycles. The van der Waals surface area contributed by atoms with Crippen LogP contribution in [0.2, 0.25) is 0 Å². The van der Waals surface area contributed by atoms with Gasteiger partial charge in [0.05, 0.1) is 13.2 Å². The number of hydrogen-bond acceptors (Lipinski definition) is 5. The van der Waals surface area contributed by atoms with Crippen molar-refractivity contribution in [3.05, 3.63) is 16.5 Å². The molecular formula is C11H18BrN3O2. The summed E-state index contributed by atoms with van der Waals surface area (Å²) in [4.78, 5) is 10.7. The first kappa shape index (κ1) is 14.3. The SMILES string of the molecule is CCc1nc(Br)cc(N(CCO)CCOC)n1. The molecule has 96 valence electrons. The van der Waals surface area contributed by atoms with Gasteiger partial charge >= 0.3 is 0 Å².